The largest absolute Gasteiger partial charge is 0.322 e. The van der Waals surface area contributed by atoms with Gasteiger partial charge < -0.3 is 5.32 Å². The van der Waals surface area contributed by atoms with E-state index in [9.17, 15) is 22.0 Å². The smallest absolute Gasteiger partial charge is 0.258 e. The molecule has 1 amide bonds. The van der Waals surface area contributed by atoms with Crippen LogP contribution in [0.4, 0.5) is 14.5 Å². The number of hydrogen-bond acceptors (Lipinski definition) is 3. The average Bonchev–Trinajstić information content (AvgIpc) is 2.68. The molecule has 5 nitrogen and oxygen atoms in total. The van der Waals surface area contributed by atoms with Crippen LogP contribution in [0.5, 0.6) is 0 Å². The van der Waals surface area contributed by atoms with Crippen LogP contribution in [0.3, 0.4) is 0 Å². The molecule has 0 aliphatic heterocycles. The van der Waals surface area contributed by atoms with Gasteiger partial charge in [-0.3, -0.25) is 4.79 Å². The highest BCUT2D eigenvalue weighted by Gasteiger charge is 2.31. The molecule has 30 heavy (non-hydrogen) atoms. The van der Waals surface area contributed by atoms with Crippen molar-refractivity contribution in [2.75, 3.05) is 5.32 Å². The van der Waals surface area contributed by atoms with Gasteiger partial charge in [0.1, 0.15) is 11.6 Å². The van der Waals surface area contributed by atoms with Gasteiger partial charge in [-0.1, -0.05) is 38.3 Å². The van der Waals surface area contributed by atoms with Crippen molar-refractivity contribution in [3.8, 4) is 0 Å². The maximum Gasteiger partial charge on any atom is 0.258 e. The highest BCUT2D eigenvalue weighted by atomic mass is 35.5. The fourth-order valence-electron chi connectivity index (χ4n) is 3.63. The van der Waals surface area contributed by atoms with Gasteiger partial charge in [-0.05, 0) is 54.7 Å². The van der Waals surface area contributed by atoms with E-state index in [-0.39, 0.29) is 27.6 Å². The number of nitrogens with one attached hydrogen (secondary N) is 2. The summed E-state index contributed by atoms with van der Waals surface area (Å²) in [6.45, 7) is 4.10. The van der Waals surface area contributed by atoms with E-state index in [0.29, 0.717) is 5.92 Å². The van der Waals surface area contributed by atoms with Crippen LogP contribution in [0.1, 0.15) is 43.5 Å². The Labute approximate surface area is 179 Å². The zero-order chi connectivity index (χ0) is 22.1. The molecule has 2 aromatic rings. The van der Waals surface area contributed by atoms with Crippen LogP contribution in [-0.2, 0) is 10.0 Å². The van der Waals surface area contributed by atoms with Crippen molar-refractivity contribution in [2.24, 2.45) is 11.8 Å². The van der Waals surface area contributed by atoms with Crippen molar-refractivity contribution in [3.05, 3.63) is 58.6 Å². The summed E-state index contributed by atoms with van der Waals surface area (Å²) in [5.41, 5.74) is -0.286. The fourth-order valence-corrected chi connectivity index (χ4v) is 5.20. The number of anilines is 1. The highest BCUT2D eigenvalue weighted by Crippen LogP contribution is 2.30. The van der Waals surface area contributed by atoms with E-state index in [2.05, 4.69) is 17.0 Å². The monoisotopic (exact) mass is 456 g/mol. The van der Waals surface area contributed by atoms with Gasteiger partial charge in [0, 0.05) is 11.7 Å². The standard InChI is InChI=1S/C21H23ClF2N2O3S/c1-12-4-3-5-20(13(12)2)26-30(28,29)15-7-9-18(23)16(11-15)21(27)25-14-6-8-19(24)17(22)10-14/h6-13,20,26H,3-5H2,1-2H3,(H,25,27)/t12-,13+,20-/m1/s1. The van der Waals surface area contributed by atoms with Crippen LogP contribution in [0.2, 0.25) is 5.02 Å². The summed E-state index contributed by atoms with van der Waals surface area (Å²) < 4.78 is 55.9. The molecule has 1 saturated carbocycles. The topological polar surface area (TPSA) is 75.3 Å². The van der Waals surface area contributed by atoms with Gasteiger partial charge in [0.05, 0.1) is 15.5 Å². The molecule has 0 unspecified atom stereocenters. The first-order valence-corrected chi connectivity index (χ1v) is 11.5. The van der Waals surface area contributed by atoms with Crippen LogP contribution in [-0.4, -0.2) is 20.4 Å². The summed E-state index contributed by atoms with van der Waals surface area (Å²) in [4.78, 5) is 12.3. The normalized spacial score (nSPS) is 22.0. The van der Waals surface area contributed by atoms with E-state index in [1.807, 2.05) is 6.92 Å². The SMILES string of the molecule is C[C@H]1[C@H](C)CCC[C@H]1NS(=O)(=O)c1ccc(F)c(C(=O)Nc2ccc(F)c(Cl)c2)c1. The molecule has 1 aliphatic rings. The second-order valence-electron chi connectivity index (χ2n) is 7.72. The zero-order valence-corrected chi connectivity index (χ0v) is 18.2. The molecule has 162 valence electrons. The molecule has 3 atom stereocenters. The fraction of sp³-hybridized carbons (Fsp3) is 0.381. The number of amides is 1. The first-order valence-electron chi connectivity index (χ1n) is 9.67. The predicted octanol–water partition coefficient (Wildman–Crippen LogP) is 4.97. The van der Waals surface area contributed by atoms with E-state index in [0.717, 1.165) is 43.5 Å². The van der Waals surface area contributed by atoms with Gasteiger partial charge in [-0.2, -0.15) is 0 Å². The molecule has 0 spiro atoms. The first-order chi connectivity index (χ1) is 14.1. The molecule has 2 aromatic carbocycles. The molecule has 9 heteroatoms. The minimum atomic E-state index is -3.94. The number of rotatable bonds is 5. The molecule has 2 N–H and O–H groups in total. The summed E-state index contributed by atoms with van der Waals surface area (Å²) in [6, 6.07) is 6.35. The van der Waals surface area contributed by atoms with Gasteiger partial charge in [0.25, 0.3) is 5.91 Å². The summed E-state index contributed by atoms with van der Waals surface area (Å²) in [5.74, 6) is -1.85. The first kappa shape index (κ1) is 22.7. The molecule has 0 radical (unpaired) electrons. The van der Waals surface area contributed by atoms with E-state index < -0.39 is 33.1 Å². The lowest BCUT2D eigenvalue weighted by atomic mass is 9.78. The van der Waals surface area contributed by atoms with Crippen molar-refractivity contribution in [1.29, 1.82) is 0 Å². The Kier molecular flexibility index (Phi) is 6.79. The number of halogens is 3. The summed E-state index contributed by atoms with van der Waals surface area (Å²) in [6.07, 6.45) is 2.70. The van der Waals surface area contributed by atoms with Crippen LogP contribution in [0, 0.1) is 23.5 Å². The molecule has 1 fully saturated rings. The van der Waals surface area contributed by atoms with Crippen molar-refractivity contribution in [3.63, 3.8) is 0 Å². The molecule has 1 aliphatic carbocycles. The summed E-state index contributed by atoms with van der Waals surface area (Å²) in [7, 11) is -3.94. The van der Waals surface area contributed by atoms with Gasteiger partial charge >= 0.3 is 0 Å². The molecule has 0 heterocycles. The van der Waals surface area contributed by atoms with E-state index in [1.54, 1.807) is 0 Å². The zero-order valence-electron chi connectivity index (χ0n) is 16.6. The van der Waals surface area contributed by atoms with Gasteiger partial charge in [-0.25, -0.2) is 21.9 Å². The average molecular weight is 457 g/mol. The quantitative estimate of drug-likeness (QED) is 0.666. The van der Waals surface area contributed by atoms with Gasteiger partial charge in [-0.15, -0.1) is 0 Å². The van der Waals surface area contributed by atoms with E-state index >= 15 is 0 Å². The molecular weight excluding hydrogens is 434 g/mol. The predicted molar refractivity (Wildman–Crippen MR) is 112 cm³/mol. The van der Waals surface area contributed by atoms with E-state index in [1.165, 1.54) is 12.1 Å². The van der Waals surface area contributed by atoms with Crippen molar-refractivity contribution in [1.82, 2.24) is 4.72 Å². The van der Waals surface area contributed by atoms with Crippen LogP contribution < -0.4 is 10.0 Å². The third-order valence-electron chi connectivity index (χ3n) is 5.68. The molecule has 3 rings (SSSR count). The third-order valence-corrected chi connectivity index (χ3v) is 7.46. The van der Waals surface area contributed by atoms with Crippen molar-refractivity contribution < 1.29 is 22.0 Å². The van der Waals surface area contributed by atoms with Crippen LogP contribution in [0.25, 0.3) is 0 Å². The number of benzene rings is 2. The Hall–Kier alpha value is -2.03. The van der Waals surface area contributed by atoms with Gasteiger partial charge in [0.15, 0.2) is 0 Å². The minimum absolute atomic E-state index is 0.155. The third kappa shape index (κ3) is 4.99. The van der Waals surface area contributed by atoms with Crippen LogP contribution in [0.15, 0.2) is 41.3 Å². The summed E-state index contributed by atoms with van der Waals surface area (Å²) in [5, 5.41) is 2.19. The maximum atomic E-state index is 14.3. The highest BCUT2D eigenvalue weighted by molar-refractivity contribution is 7.89. The Morgan fingerprint density at radius 2 is 1.77 bits per heavy atom. The Morgan fingerprint density at radius 1 is 1.07 bits per heavy atom. The number of sulfonamides is 1. The number of carbonyl (C=O) groups excluding carboxylic acids is 1. The Bertz CT molecular complexity index is 1060. The maximum absolute atomic E-state index is 14.3. The lowest BCUT2D eigenvalue weighted by molar-refractivity contribution is 0.102. The lowest BCUT2D eigenvalue weighted by Crippen LogP contribution is -2.43. The Morgan fingerprint density at radius 3 is 2.47 bits per heavy atom. The number of carbonyl (C=O) groups is 1. The van der Waals surface area contributed by atoms with Crippen molar-refractivity contribution in [2.45, 2.75) is 44.0 Å². The molecule has 0 bridgehead atoms. The summed E-state index contributed by atoms with van der Waals surface area (Å²) >= 11 is 5.69. The molecular formula is C21H23ClF2N2O3S. The second-order valence-corrected chi connectivity index (χ2v) is 9.84. The Balaban J connectivity index is 1.83. The second kappa shape index (κ2) is 8.99. The van der Waals surface area contributed by atoms with E-state index in [4.69, 9.17) is 11.6 Å². The van der Waals surface area contributed by atoms with Crippen molar-refractivity contribution >= 4 is 33.2 Å². The minimum Gasteiger partial charge on any atom is -0.322 e. The van der Waals surface area contributed by atoms with Crippen LogP contribution >= 0.6 is 11.6 Å². The number of hydrogen-bond donors (Lipinski definition) is 2. The lowest BCUT2D eigenvalue weighted by Gasteiger charge is -2.34. The molecule has 0 saturated heterocycles. The van der Waals surface area contributed by atoms with Gasteiger partial charge in [0.2, 0.25) is 10.0 Å². The molecule has 0 aromatic heterocycles.